The largest absolute Gasteiger partial charge is 1.00 e. The molecular formula is C104H154BCl4IN2NaO22Pd. The van der Waals surface area contributed by atoms with E-state index in [0.717, 1.165) is 80.7 Å². The maximum absolute atomic E-state index is 11.6. The number of carbonyl (C=O) groups excluding carboxylic acids is 3. The van der Waals surface area contributed by atoms with Crippen LogP contribution in [-0.4, -0.2) is 139 Å². The topological polar surface area (TPSA) is 386 Å². The molecule has 761 valence electrons. The van der Waals surface area contributed by atoms with Crippen LogP contribution in [0.15, 0.2) is 182 Å². The van der Waals surface area contributed by atoms with Gasteiger partial charge in [0.1, 0.15) is 61.5 Å². The van der Waals surface area contributed by atoms with E-state index < -0.39 is 39.1 Å². The number of hydrogen-bond donors (Lipinski definition) is 6. The van der Waals surface area contributed by atoms with E-state index in [1.54, 1.807) is 19.1 Å². The maximum Gasteiger partial charge on any atom is 1.00 e. The van der Waals surface area contributed by atoms with E-state index in [1.165, 1.54) is 43.6 Å². The van der Waals surface area contributed by atoms with Crippen LogP contribution in [0.1, 0.15) is 261 Å². The Hall–Kier alpha value is -7.44. The molecule has 136 heavy (non-hydrogen) atoms. The van der Waals surface area contributed by atoms with E-state index in [9.17, 15) is 35.0 Å². The van der Waals surface area contributed by atoms with Gasteiger partial charge in [-0.15, -0.1) is 56.5 Å². The summed E-state index contributed by atoms with van der Waals surface area (Å²) in [6, 6.07) is 62.6. The van der Waals surface area contributed by atoms with Crippen molar-refractivity contribution in [3.05, 3.63) is 264 Å². The number of carbonyl (C=O) groups is 3. The van der Waals surface area contributed by atoms with Gasteiger partial charge in [-0.2, -0.15) is 10.1 Å². The van der Waals surface area contributed by atoms with Gasteiger partial charge in [-0.05, 0) is 143 Å². The first kappa shape index (κ1) is 146. The van der Waals surface area contributed by atoms with Crippen molar-refractivity contribution in [3.8, 4) is 44.9 Å². The molecule has 8 rings (SSSR count). The summed E-state index contributed by atoms with van der Waals surface area (Å²) >= 11 is 20.9. The van der Waals surface area contributed by atoms with Gasteiger partial charge >= 0.3 is 41.9 Å². The second kappa shape index (κ2) is 72.8. The number of aliphatic hydroxyl groups excluding tert-OH is 4. The van der Waals surface area contributed by atoms with Crippen molar-refractivity contribution in [2.45, 2.75) is 261 Å². The van der Waals surface area contributed by atoms with Crippen LogP contribution in [0.3, 0.4) is 0 Å². The Balaban J connectivity index is -0.000000173. The van der Waals surface area contributed by atoms with E-state index in [-0.39, 0.29) is 154 Å². The SMILES string of the molecule is C.CC(C)(C)c1ccc(O)c(C(C)(C)CO)c1.CC(C)(C)c1ccc(OCc2ccccc2)c(C(C)(C)C#N)c1.CC(C)(C)c1ccc(OCc2ccccc2)c(C(C)(C)C=O)c1.CC(C)(C)c1ccc(OCc2ccccc2)c(C(C)(C)CO)c1.CCO.CO.COC(=O)OCC(C)(C)c1cc(C(C)(C)C)ccc1OC(=O)OC.COOC#CI.ClCCl.ClCCl.O.O.O=[N+]([O-])O.[B].[H-].[Na+].[Pd]. The van der Waals surface area contributed by atoms with Gasteiger partial charge in [-0.1, -0.05) is 298 Å². The summed E-state index contributed by atoms with van der Waals surface area (Å²) in [6.07, 6.45) is 1.64. The third-order valence-corrected chi connectivity index (χ3v) is 19.3. The van der Waals surface area contributed by atoms with Crippen LogP contribution in [0.2, 0.25) is 0 Å². The van der Waals surface area contributed by atoms with Crippen LogP contribution in [0.5, 0.6) is 28.7 Å². The molecule has 0 aromatic heterocycles. The first-order chi connectivity index (χ1) is 60.3. The molecule has 24 nitrogen and oxygen atoms in total. The van der Waals surface area contributed by atoms with Crippen molar-refractivity contribution < 1.29 is 156 Å². The van der Waals surface area contributed by atoms with Crippen molar-refractivity contribution >= 4 is 96.0 Å². The average molecular weight is 2190 g/mol. The number of aliphatic hydroxyl groups is 4. The summed E-state index contributed by atoms with van der Waals surface area (Å²) in [6.45, 7) is 55.4. The Kier molecular flexibility index (Phi) is 78.3. The van der Waals surface area contributed by atoms with Crippen LogP contribution in [0.4, 0.5) is 9.59 Å². The van der Waals surface area contributed by atoms with Crippen LogP contribution >= 0.6 is 69.0 Å². The number of ether oxygens (including phenoxy) is 7. The summed E-state index contributed by atoms with van der Waals surface area (Å²) in [7, 11) is 4.90. The molecule has 0 amide bonds. The van der Waals surface area contributed by atoms with Crippen molar-refractivity contribution in [2.24, 2.45) is 0 Å². The fraction of sp³-hybridized carbons (Fsp3) is 0.481. The molecule has 0 heterocycles. The Bertz CT molecular complexity index is 4700. The van der Waals surface area contributed by atoms with E-state index >= 15 is 0 Å². The van der Waals surface area contributed by atoms with Crippen LogP contribution in [0, 0.1) is 31.5 Å². The third kappa shape index (κ3) is 57.9. The standard InChI is InChI=1S/C21H25NO.C21H28O2.C21H26O2.C18H26O6.C14H22O2.C3H3IO2.C2H6O.2CH2Cl2.CH4O.CH4.B.HNO3.Na.2H2O.Pd.H/c3*1-20(2,3)17-11-12-19(18(13-17)21(4,5)15-22)23-14-16-9-7-6-8-10-16;1-17(2,3)12-8-9-14(24-16(20)22-7)13(10-12)18(4,5)11-23-15(19)21-6;1-13(2,3)10-6-7-12(16)11(8-10)14(4,5)9-15;1-5-6-3-2-4;1-2-3;2*2-1-3;1-2;;;2-1(3)4;;;;;/h6-13H,14H2,1-5H3;6-13,22H,14-15H2,1-5H3;6-13,15H,14H2,1-5H3;8-10H,11H2,1-7H3;6-8,15-16H,9H2,1-5H3;1H3;3H,2H2,1H3;2*1H2;2H,1H3;1H4;;(H,2,3,4);;2*1H2;;/q;;;;;;;;;;;;;+1;;;;-1. The van der Waals surface area contributed by atoms with Crippen molar-refractivity contribution in [2.75, 3.05) is 65.5 Å². The zero-order valence-electron chi connectivity index (χ0n) is 85.8. The fourth-order valence-corrected chi connectivity index (χ4v) is 11.2. The molecule has 0 saturated carbocycles. The predicted molar refractivity (Wildman–Crippen MR) is 556 cm³/mol. The Morgan fingerprint density at radius 1 is 0.478 bits per heavy atom. The number of halogens is 5. The first-order valence-corrected chi connectivity index (χ1v) is 44.9. The number of rotatable bonds is 21. The van der Waals surface area contributed by atoms with Crippen molar-refractivity contribution in [3.63, 3.8) is 0 Å². The quantitative estimate of drug-likeness (QED) is 0.00372. The summed E-state index contributed by atoms with van der Waals surface area (Å²) in [5, 5.41) is 67.1. The molecule has 8 aromatic rings. The minimum Gasteiger partial charge on any atom is -1.00 e. The number of nitrogens with zero attached hydrogens (tertiary/aromatic N) is 2. The van der Waals surface area contributed by atoms with E-state index in [0.29, 0.717) is 25.6 Å². The van der Waals surface area contributed by atoms with Gasteiger partial charge < -0.3 is 81.1 Å². The molecule has 3 radical (unpaired) electrons. The van der Waals surface area contributed by atoms with Gasteiger partial charge in [0.25, 0.3) is 5.09 Å². The fourth-order valence-electron chi connectivity index (χ4n) is 11.1. The Morgan fingerprint density at radius 3 is 1.01 bits per heavy atom. The van der Waals surface area contributed by atoms with Crippen molar-refractivity contribution in [1.29, 1.82) is 5.26 Å². The Labute approximate surface area is 885 Å². The average Bonchev–Trinajstić information content (AvgIpc) is 0.759. The van der Waals surface area contributed by atoms with Gasteiger partial charge in [0.2, 0.25) is 0 Å². The van der Waals surface area contributed by atoms with Gasteiger partial charge in [-0.25, -0.2) is 9.59 Å². The van der Waals surface area contributed by atoms with Gasteiger partial charge in [0.15, 0.2) is 6.11 Å². The molecule has 0 bridgehead atoms. The zero-order chi connectivity index (χ0) is 101. The van der Waals surface area contributed by atoms with Crippen LogP contribution < -0.4 is 48.5 Å². The smallest absolute Gasteiger partial charge is 1.00 e. The Morgan fingerprint density at radius 2 is 0.743 bits per heavy atom. The second-order valence-electron chi connectivity index (χ2n) is 37.2. The number of alkyl halides is 4. The minimum atomic E-state index is -1.50. The number of aldehydes is 1. The molecule has 0 aliphatic carbocycles. The maximum atomic E-state index is 11.6. The molecule has 32 heteroatoms. The number of methoxy groups -OCH3 is 2. The summed E-state index contributed by atoms with van der Waals surface area (Å²) < 4.78 is 40.0. The molecule has 0 aliphatic rings. The van der Waals surface area contributed by atoms with Gasteiger partial charge in [0.05, 0.1) is 56.7 Å². The van der Waals surface area contributed by atoms with Gasteiger partial charge in [-0.3, -0.25) is 4.89 Å². The first-order valence-electron chi connectivity index (χ1n) is 41.7. The normalized spacial score (nSPS) is 10.5. The zero-order valence-corrected chi connectivity index (χ0v) is 93.6. The number of aromatic hydroxyl groups is 1. The molecule has 0 fully saturated rings. The van der Waals surface area contributed by atoms with Crippen LogP contribution in [0.25, 0.3) is 0 Å². The molecule has 0 spiro atoms. The number of benzene rings is 8. The van der Waals surface area contributed by atoms with Gasteiger partial charge in [0, 0.05) is 119 Å². The molecule has 10 N–H and O–H groups in total. The number of hydrogen-bond acceptors (Lipinski definition) is 20. The number of phenols is 1. The minimum absolute atomic E-state index is 0. The predicted octanol–water partition coefficient (Wildman–Crippen LogP) is 21.1. The van der Waals surface area contributed by atoms with Crippen LogP contribution in [-0.2, 0) is 123 Å². The molecule has 0 atom stereocenters. The van der Waals surface area contributed by atoms with E-state index in [4.69, 9.17) is 95.6 Å². The van der Waals surface area contributed by atoms with E-state index in [1.807, 2.05) is 213 Å². The molecular weight excluding hydrogens is 2040 g/mol. The summed E-state index contributed by atoms with van der Waals surface area (Å²) in [5.41, 5.74) is 11.4. The second-order valence-corrected chi connectivity index (χ2v) is 39.3. The van der Waals surface area contributed by atoms with Crippen molar-refractivity contribution in [1.82, 2.24) is 0 Å². The molecule has 0 aliphatic heterocycles. The third-order valence-electron chi connectivity index (χ3n) is 19.1. The summed E-state index contributed by atoms with van der Waals surface area (Å²) in [4.78, 5) is 50.9. The molecule has 0 unspecified atom stereocenters. The molecule has 0 saturated heterocycles. The number of nitriles is 1. The monoisotopic (exact) mass is 2190 g/mol. The number of phenolic OH excluding ortho intramolecular Hbond substituents is 1. The summed E-state index contributed by atoms with van der Waals surface area (Å²) in [5.74, 6) is 3.04. The molecule has 8 aromatic carbocycles. The van der Waals surface area contributed by atoms with E-state index in [2.05, 4.69) is 188 Å².